The van der Waals surface area contributed by atoms with E-state index >= 15 is 0 Å². The number of hydrogen-bond acceptors (Lipinski definition) is 4. The van der Waals surface area contributed by atoms with Crippen molar-refractivity contribution in [3.05, 3.63) is 23.7 Å². The minimum atomic E-state index is -0.781. The molecule has 6 heteroatoms. The summed E-state index contributed by atoms with van der Waals surface area (Å²) in [6.45, 7) is 5.55. The molecule has 1 aliphatic rings. The summed E-state index contributed by atoms with van der Waals surface area (Å²) in [5, 5.41) is 9.11. The minimum absolute atomic E-state index is 0.0257. The molecule has 0 saturated carbocycles. The zero-order valence-electron chi connectivity index (χ0n) is 12.7. The molecule has 0 aromatic carbocycles. The SMILES string of the molecule is Cc1ccc(CN(C)C(=O)CN2C[C@@H](C)[C@H](C(=O)O)C2)o1. The Morgan fingerprint density at radius 1 is 1.43 bits per heavy atom. The Kier molecular flexibility index (Phi) is 4.67. The highest BCUT2D eigenvalue weighted by Gasteiger charge is 2.35. The van der Waals surface area contributed by atoms with Crippen molar-refractivity contribution in [1.29, 1.82) is 0 Å². The van der Waals surface area contributed by atoms with E-state index in [4.69, 9.17) is 9.52 Å². The van der Waals surface area contributed by atoms with Gasteiger partial charge in [0.25, 0.3) is 0 Å². The number of likely N-dealkylation sites (tertiary alicyclic amines) is 1. The maximum absolute atomic E-state index is 12.2. The molecule has 2 heterocycles. The van der Waals surface area contributed by atoms with Crippen molar-refractivity contribution in [3.63, 3.8) is 0 Å². The van der Waals surface area contributed by atoms with Crippen molar-refractivity contribution >= 4 is 11.9 Å². The molecule has 1 aliphatic heterocycles. The normalized spacial score (nSPS) is 22.4. The van der Waals surface area contributed by atoms with Crippen LogP contribution in [-0.4, -0.2) is 53.5 Å². The summed E-state index contributed by atoms with van der Waals surface area (Å²) in [6, 6.07) is 3.73. The first kappa shape index (κ1) is 15.6. The summed E-state index contributed by atoms with van der Waals surface area (Å²) in [5.41, 5.74) is 0. The summed E-state index contributed by atoms with van der Waals surface area (Å²) in [6.07, 6.45) is 0. The lowest BCUT2D eigenvalue weighted by Crippen LogP contribution is -2.37. The van der Waals surface area contributed by atoms with Crippen LogP contribution in [0.5, 0.6) is 0 Å². The highest BCUT2D eigenvalue weighted by atomic mass is 16.4. The quantitative estimate of drug-likeness (QED) is 0.883. The summed E-state index contributed by atoms with van der Waals surface area (Å²) < 4.78 is 5.45. The number of carboxylic acids is 1. The molecule has 1 N–H and O–H groups in total. The van der Waals surface area contributed by atoms with E-state index in [0.717, 1.165) is 11.5 Å². The predicted molar refractivity (Wildman–Crippen MR) is 76.6 cm³/mol. The molecule has 2 atom stereocenters. The van der Waals surface area contributed by atoms with E-state index in [1.165, 1.54) is 0 Å². The maximum Gasteiger partial charge on any atom is 0.308 e. The molecule has 1 aromatic heterocycles. The highest BCUT2D eigenvalue weighted by molar-refractivity contribution is 5.78. The second-order valence-electron chi connectivity index (χ2n) is 5.88. The molecule has 116 valence electrons. The second kappa shape index (κ2) is 6.30. The van der Waals surface area contributed by atoms with Gasteiger partial charge in [-0.1, -0.05) is 6.92 Å². The van der Waals surface area contributed by atoms with Gasteiger partial charge in [0.05, 0.1) is 19.0 Å². The van der Waals surface area contributed by atoms with E-state index in [0.29, 0.717) is 19.6 Å². The van der Waals surface area contributed by atoms with Crippen LogP contribution in [0.15, 0.2) is 16.5 Å². The Hall–Kier alpha value is -1.82. The van der Waals surface area contributed by atoms with Crippen LogP contribution in [0.3, 0.4) is 0 Å². The lowest BCUT2D eigenvalue weighted by atomic mass is 9.99. The number of nitrogens with zero attached hydrogens (tertiary/aromatic N) is 2. The van der Waals surface area contributed by atoms with Crippen LogP contribution < -0.4 is 0 Å². The summed E-state index contributed by atoms with van der Waals surface area (Å²) >= 11 is 0. The van der Waals surface area contributed by atoms with E-state index in [-0.39, 0.29) is 24.3 Å². The van der Waals surface area contributed by atoms with Crippen LogP contribution in [0.25, 0.3) is 0 Å². The number of carbonyl (C=O) groups is 2. The van der Waals surface area contributed by atoms with E-state index < -0.39 is 5.97 Å². The number of hydrogen-bond donors (Lipinski definition) is 1. The smallest absolute Gasteiger partial charge is 0.308 e. The summed E-state index contributed by atoms with van der Waals surface area (Å²) in [7, 11) is 1.73. The Morgan fingerprint density at radius 2 is 2.14 bits per heavy atom. The van der Waals surface area contributed by atoms with E-state index in [2.05, 4.69) is 0 Å². The average Bonchev–Trinajstić information content (AvgIpc) is 2.95. The number of rotatable bonds is 5. The zero-order chi connectivity index (χ0) is 15.6. The summed E-state index contributed by atoms with van der Waals surface area (Å²) in [5.74, 6) is 0.466. The number of carbonyl (C=O) groups excluding carboxylic acids is 1. The van der Waals surface area contributed by atoms with Crippen molar-refractivity contribution < 1.29 is 19.1 Å². The van der Waals surface area contributed by atoms with Gasteiger partial charge in [0.1, 0.15) is 11.5 Å². The number of aliphatic carboxylic acids is 1. The van der Waals surface area contributed by atoms with Crippen molar-refractivity contribution in [3.8, 4) is 0 Å². The lowest BCUT2D eigenvalue weighted by Gasteiger charge is -2.20. The third-order valence-electron chi connectivity index (χ3n) is 3.98. The molecular formula is C15H22N2O4. The molecule has 1 amide bonds. The first-order valence-electron chi connectivity index (χ1n) is 7.11. The fourth-order valence-electron chi connectivity index (χ4n) is 2.72. The Labute approximate surface area is 124 Å². The summed E-state index contributed by atoms with van der Waals surface area (Å²) in [4.78, 5) is 26.8. The van der Waals surface area contributed by atoms with Gasteiger partial charge in [-0.2, -0.15) is 0 Å². The molecule has 1 saturated heterocycles. The van der Waals surface area contributed by atoms with Crippen LogP contribution in [-0.2, 0) is 16.1 Å². The number of amides is 1. The minimum Gasteiger partial charge on any atom is -0.481 e. The van der Waals surface area contributed by atoms with Crippen LogP contribution in [0.4, 0.5) is 0 Å². The molecule has 1 aromatic rings. The zero-order valence-corrected chi connectivity index (χ0v) is 12.7. The second-order valence-corrected chi connectivity index (χ2v) is 5.88. The monoisotopic (exact) mass is 294 g/mol. The number of carboxylic acid groups (broad SMARTS) is 1. The first-order valence-corrected chi connectivity index (χ1v) is 7.11. The molecular weight excluding hydrogens is 272 g/mol. The van der Waals surface area contributed by atoms with Gasteiger partial charge in [-0.3, -0.25) is 14.5 Å². The molecule has 2 rings (SSSR count). The van der Waals surface area contributed by atoms with Crippen molar-refractivity contribution in [1.82, 2.24) is 9.80 Å². The predicted octanol–water partition coefficient (Wildman–Crippen LogP) is 1.20. The molecule has 1 fully saturated rings. The number of aryl methyl sites for hydroxylation is 1. The van der Waals surface area contributed by atoms with Crippen LogP contribution in [0.2, 0.25) is 0 Å². The third-order valence-corrected chi connectivity index (χ3v) is 3.98. The van der Waals surface area contributed by atoms with Crippen LogP contribution in [0, 0.1) is 18.8 Å². The molecule has 0 aliphatic carbocycles. The fraction of sp³-hybridized carbons (Fsp3) is 0.600. The van der Waals surface area contributed by atoms with Gasteiger partial charge in [0.15, 0.2) is 0 Å². The van der Waals surface area contributed by atoms with Gasteiger partial charge < -0.3 is 14.4 Å². The van der Waals surface area contributed by atoms with Crippen LogP contribution in [0.1, 0.15) is 18.4 Å². The number of likely N-dealkylation sites (N-methyl/N-ethyl adjacent to an activating group) is 1. The Balaban J connectivity index is 1.85. The molecule has 0 unspecified atom stereocenters. The van der Waals surface area contributed by atoms with Crippen molar-refractivity contribution in [2.24, 2.45) is 11.8 Å². The Morgan fingerprint density at radius 3 is 2.67 bits per heavy atom. The van der Waals surface area contributed by atoms with Crippen molar-refractivity contribution in [2.45, 2.75) is 20.4 Å². The fourth-order valence-corrected chi connectivity index (χ4v) is 2.72. The number of furan rings is 1. The van der Waals surface area contributed by atoms with Gasteiger partial charge in [-0.25, -0.2) is 0 Å². The van der Waals surface area contributed by atoms with E-state index in [9.17, 15) is 9.59 Å². The van der Waals surface area contributed by atoms with Crippen molar-refractivity contribution in [2.75, 3.05) is 26.7 Å². The van der Waals surface area contributed by atoms with Gasteiger partial charge in [0.2, 0.25) is 5.91 Å². The molecule has 0 bridgehead atoms. The average molecular weight is 294 g/mol. The van der Waals surface area contributed by atoms with Crippen LogP contribution >= 0.6 is 0 Å². The first-order chi connectivity index (χ1) is 9.86. The molecule has 6 nitrogen and oxygen atoms in total. The van der Waals surface area contributed by atoms with Gasteiger partial charge >= 0.3 is 5.97 Å². The molecule has 21 heavy (non-hydrogen) atoms. The maximum atomic E-state index is 12.2. The van der Waals surface area contributed by atoms with Gasteiger partial charge in [-0.15, -0.1) is 0 Å². The van der Waals surface area contributed by atoms with E-state index in [1.807, 2.05) is 30.9 Å². The standard InChI is InChI=1S/C15H22N2O4/c1-10-6-17(8-13(10)15(19)20)9-14(18)16(3)7-12-5-4-11(2)21-12/h4-5,10,13H,6-9H2,1-3H3,(H,19,20)/t10-,13-/m1/s1. The highest BCUT2D eigenvalue weighted by Crippen LogP contribution is 2.23. The lowest BCUT2D eigenvalue weighted by molar-refractivity contribution is -0.142. The van der Waals surface area contributed by atoms with E-state index in [1.54, 1.807) is 11.9 Å². The topological polar surface area (TPSA) is 74.0 Å². The molecule has 0 spiro atoms. The third kappa shape index (κ3) is 3.85. The van der Waals surface area contributed by atoms with Gasteiger partial charge in [0, 0.05) is 20.1 Å². The Bertz CT molecular complexity index is 525. The van der Waals surface area contributed by atoms with Gasteiger partial charge in [-0.05, 0) is 25.0 Å². The largest absolute Gasteiger partial charge is 0.481 e. The molecule has 0 radical (unpaired) electrons.